The van der Waals surface area contributed by atoms with Gasteiger partial charge in [0, 0.05) is 43.9 Å². The fraction of sp³-hybridized carbons (Fsp3) is 0.438. The van der Waals surface area contributed by atoms with Gasteiger partial charge in [0.05, 0.1) is 5.52 Å². The lowest BCUT2D eigenvalue weighted by Crippen LogP contribution is -2.34. The van der Waals surface area contributed by atoms with Gasteiger partial charge in [0.15, 0.2) is 0 Å². The molecule has 2 aromatic rings. The highest BCUT2D eigenvalue weighted by atomic mass is 16.2. The monoisotopic (exact) mass is 298 g/mol. The summed E-state index contributed by atoms with van der Waals surface area (Å²) >= 11 is 0. The Morgan fingerprint density at radius 1 is 1.36 bits per heavy atom. The zero-order valence-corrected chi connectivity index (χ0v) is 12.5. The Kier molecular flexibility index (Phi) is 2.76. The smallest absolute Gasteiger partial charge is 0.272 e. The summed E-state index contributed by atoms with van der Waals surface area (Å²) in [5.74, 6) is 0.104. The number of rotatable bonds is 1. The maximum atomic E-state index is 12.9. The van der Waals surface area contributed by atoms with E-state index in [-0.39, 0.29) is 17.2 Å². The molecule has 22 heavy (non-hydrogen) atoms. The van der Waals surface area contributed by atoms with Crippen LogP contribution in [-0.2, 0) is 11.8 Å². The minimum atomic E-state index is -0.0683. The van der Waals surface area contributed by atoms with Crippen LogP contribution in [0.25, 0.3) is 10.9 Å². The molecule has 0 saturated carbocycles. The van der Waals surface area contributed by atoms with Crippen molar-refractivity contribution in [3.63, 3.8) is 0 Å². The van der Waals surface area contributed by atoms with E-state index in [0.717, 1.165) is 17.3 Å². The Hall–Kier alpha value is -2.37. The summed E-state index contributed by atoms with van der Waals surface area (Å²) in [5.41, 5.74) is 1.39. The van der Waals surface area contributed by atoms with Crippen molar-refractivity contribution in [2.45, 2.75) is 12.8 Å². The number of nitrogens with zero attached hydrogens (tertiary/aromatic N) is 3. The molecule has 6 nitrogen and oxygen atoms in total. The average molecular weight is 298 g/mol. The van der Waals surface area contributed by atoms with Gasteiger partial charge in [0.25, 0.3) is 5.91 Å². The van der Waals surface area contributed by atoms with E-state index in [9.17, 15) is 9.59 Å². The van der Waals surface area contributed by atoms with E-state index in [0.29, 0.717) is 31.7 Å². The van der Waals surface area contributed by atoms with Crippen LogP contribution in [0.4, 0.5) is 0 Å². The zero-order valence-electron chi connectivity index (χ0n) is 12.5. The largest absolute Gasteiger partial charge is 0.355 e. The number of aryl methyl sites for hydroxylation is 1. The lowest BCUT2D eigenvalue weighted by atomic mass is 9.86. The first-order valence-electron chi connectivity index (χ1n) is 7.56. The highest BCUT2D eigenvalue weighted by Crippen LogP contribution is 2.37. The number of carbonyl (C=O) groups excluding carboxylic acids is 2. The number of hydrogen-bond donors (Lipinski definition) is 1. The number of hydrogen-bond acceptors (Lipinski definition) is 3. The molecular weight excluding hydrogens is 280 g/mol. The molecule has 2 aliphatic heterocycles. The standard InChI is InChI=1S/C16H18N4O2/c1-19-14(11-4-2-3-5-12(11)18-19)15(22)20-7-6-16(10-20)8-13(21)17-9-16/h2-5H,6-10H2,1H3,(H,17,21). The molecule has 1 unspecified atom stereocenters. The summed E-state index contributed by atoms with van der Waals surface area (Å²) in [6.45, 7) is 2.03. The van der Waals surface area contributed by atoms with Crippen LogP contribution in [0.2, 0.25) is 0 Å². The third-order valence-corrected chi connectivity index (χ3v) is 4.86. The molecule has 114 valence electrons. The maximum absolute atomic E-state index is 12.9. The molecule has 1 atom stereocenters. The molecule has 1 spiro atoms. The third-order valence-electron chi connectivity index (χ3n) is 4.86. The Labute approximate surface area is 128 Å². The Balaban J connectivity index is 1.65. The number of amides is 2. The topological polar surface area (TPSA) is 67.2 Å². The predicted molar refractivity (Wildman–Crippen MR) is 81.3 cm³/mol. The first kappa shape index (κ1) is 13.3. The molecule has 3 heterocycles. The quantitative estimate of drug-likeness (QED) is 0.851. The first-order chi connectivity index (χ1) is 10.6. The fourth-order valence-corrected chi connectivity index (χ4v) is 3.70. The number of benzene rings is 1. The molecule has 2 saturated heterocycles. The van der Waals surface area contributed by atoms with Gasteiger partial charge in [-0.3, -0.25) is 14.3 Å². The molecular formula is C16H18N4O2. The summed E-state index contributed by atoms with van der Waals surface area (Å²) < 4.78 is 1.66. The molecule has 0 radical (unpaired) electrons. The summed E-state index contributed by atoms with van der Waals surface area (Å²) in [4.78, 5) is 26.3. The van der Waals surface area contributed by atoms with Gasteiger partial charge in [0.1, 0.15) is 5.69 Å². The van der Waals surface area contributed by atoms with E-state index >= 15 is 0 Å². The third kappa shape index (κ3) is 1.90. The van der Waals surface area contributed by atoms with Crippen LogP contribution in [-0.4, -0.2) is 46.1 Å². The Morgan fingerprint density at radius 3 is 2.95 bits per heavy atom. The molecule has 0 bridgehead atoms. The van der Waals surface area contributed by atoms with Crippen LogP contribution < -0.4 is 5.32 Å². The maximum Gasteiger partial charge on any atom is 0.272 e. The number of aromatic nitrogens is 2. The molecule has 2 fully saturated rings. The number of likely N-dealkylation sites (tertiary alicyclic amines) is 1. The van der Waals surface area contributed by atoms with Crippen molar-refractivity contribution in [1.82, 2.24) is 20.0 Å². The van der Waals surface area contributed by atoms with Gasteiger partial charge in [-0.2, -0.15) is 5.10 Å². The summed E-state index contributed by atoms with van der Waals surface area (Å²) in [6, 6.07) is 7.69. The van der Waals surface area contributed by atoms with Gasteiger partial charge >= 0.3 is 0 Å². The Morgan fingerprint density at radius 2 is 2.18 bits per heavy atom. The van der Waals surface area contributed by atoms with Gasteiger partial charge in [-0.15, -0.1) is 0 Å². The van der Waals surface area contributed by atoms with Crippen molar-refractivity contribution >= 4 is 22.7 Å². The summed E-state index contributed by atoms with van der Waals surface area (Å²) in [6.07, 6.45) is 1.41. The van der Waals surface area contributed by atoms with Gasteiger partial charge in [0.2, 0.25) is 5.91 Å². The van der Waals surface area contributed by atoms with Gasteiger partial charge in [-0.05, 0) is 12.5 Å². The molecule has 6 heteroatoms. The minimum Gasteiger partial charge on any atom is -0.355 e. The lowest BCUT2D eigenvalue weighted by Gasteiger charge is -2.21. The lowest BCUT2D eigenvalue weighted by molar-refractivity contribution is -0.119. The first-order valence-corrected chi connectivity index (χ1v) is 7.56. The molecule has 1 aromatic carbocycles. The van der Waals surface area contributed by atoms with Crippen LogP contribution in [0, 0.1) is 5.41 Å². The minimum absolute atomic E-state index is 0.00687. The summed E-state index contributed by atoms with van der Waals surface area (Å²) in [7, 11) is 1.81. The second kappa shape index (κ2) is 4.56. The van der Waals surface area contributed by atoms with Crippen LogP contribution in [0.3, 0.4) is 0 Å². The van der Waals surface area contributed by atoms with Gasteiger partial charge in [-0.25, -0.2) is 0 Å². The van der Waals surface area contributed by atoms with Crippen molar-refractivity contribution < 1.29 is 9.59 Å². The van der Waals surface area contributed by atoms with Crippen molar-refractivity contribution in [3.05, 3.63) is 30.0 Å². The predicted octanol–water partition coefficient (Wildman–Crippen LogP) is 0.925. The van der Waals surface area contributed by atoms with Crippen LogP contribution >= 0.6 is 0 Å². The fourth-order valence-electron chi connectivity index (χ4n) is 3.70. The van der Waals surface area contributed by atoms with Crippen molar-refractivity contribution in [3.8, 4) is 0 Å². The van der Waals surface area contributed by atoms with E-state index in [4.69, 9.17) is 0 Å². The number of nitrogens with one attached hydrogen (secondary N) is 1. The molecule has 4 rings (SSSR count). The van der Waals surface area contributed by atoms with E-state index < -0.39 is 0 Å². The summed E-state index contributed by atoms with van der Waals surface area (Å²) in [5, 5.41) is 8.19. The van der Waals surface area contributed by atoms with Crippen LogP contribution in [0.15, 0.2) is 24.3 Å². The molecule has 1 N–H and O–H groups in total. The van der Waals surface area contributed by atoms with Crippen LogP contribution in [0.1, 0.15) is 23.3 Å². The van der Waals surface area contributed by atoms with Gasteiger partial charge in [-0.1, -0.05) is 18.2 Å². The van der Waals surface area contributed by atoms with E-state index in [2.05, 4.69) is 10.4 Å². The van der Waals surface area contributed by atoms with Crippen molar-refractivity contribution in [2.24, 2.45) is 12.5 Å². The number of carbonyl (C=O) groups is 2. The van der Waals surface area contributed by atoms with Gasteiger partial charge < -0.3 is 10.2 Å². The molecule has 0 aliphatic carbocycles. The van der Waals surface area contributed by atoms with Crippen molar-refractivity contribution in [1.29, 1.82) is 0 Å². The molecule has 2 aliphatic rings. The number of fused-ring (bicyclic) bond motifs is 1. The SMILES string of the molecule is Cn1nc2ccccc2c1C(=O)N1CCC2(CNC(=O)C2)C1. The van der Waals surface area contributed by atoms with E-state index in [1.165, 1.54) is 0 Å². The molecule has 1 aromatic heterocycles. The Bertz CT molecular complexity index is 782. The normalized spacial score (nSPS) is 24.4. The highest BCUT2D eigenvalue weighted by Gasteiger charge is 2.45. The average Bonchev–Trinajstić information content (AvgIpc) is 3.16. The molecule has 2 amide bonds. The second-order valence-electron chi connectivity index (χ2n) is 6.42. The highest BCUT2D eigenvalue weighted by molar-refractivity contribution is 6.05. The zero-order chi connectivity index (χ0) is 15.3. The second-order valence-corrected chi connectivity index (χ2v) is 6.42. The van der Waals surface area contributed by atoms with Crippen LogP contribution in [0.5, 0.6) is 0 Å². The van der Waals surface area contributed by atoms with E-state index in [1.807, 2.05) is 29.2 Å². The van der Waals surface area contributed by atoms with E-state index in [1.54, 1.807) is 11.7 Å². The van der Waals surface area contributed by atoms with Crippen molar-refractivity contribution in [2.75, 3.05) is 19.6 Å².